The summed E-state index contributed by atoms with van der Waals surface area (Å²) in [4.78, 5) is 19.7. The number of benzene rings is 1. The topological polar surface area (TPSA) is 98.3 Å². The summed E-state index contributed by atoms with van der Waals surface area (Å²) in [5.41, 5.74) is 0.337. The zero-order chi connectivity index (χ0) is 23.4. The van der Waals surface area contributed by atoms with Crippen LogP contribution in [-0.4, -0.2) is 74.5 Å². The van der Waals surface area contributed by atoms with Gasteiger partial charge in [-0.1, -0.05) is 12.1 Å². The van der Waals surface area contributed by atoms with Gasteiger partial charge in [-0.05, 0) is 38.0 Å². The number of carbonyl (C=O) groups excluding carboxylic acids is 1. The first-order valence-corrected chi connectivity index (χ1v) is 12.4. The van der Waals surface area contributed by atoms with Gasteiger partial charge in [0, 0.05) is 30.6 Å². The molecule has 0 unspecified atom stereocenters. The predicted octanol–water partition coefficient (Wildman–Crippen LogP) is 2.18. The maximum absolute atomic E-state index is 13.3. The Morgan fingerprint density at radius 1 is 1.09 bits per heavy atom. The summed E-state index contributed by atoms with van der Waals surface area (Å²) in [5, 5.41) is 0. The highest BCUT2D eigenvalue weighted by Gasteiger charge is 2.58. The number of aromatic nitrogens is 1. The minimum absolute atomic E-state index is 0.0419. The molecular weight excluding hydrogens is 446 g/mol. The van der Waals surface area contributed by atoms with E-state index in [0.717, 1.165) is 12.8 Å². The molecule has 0 bridgehead atoms. The molecule has 1 amide bonds. The fraction of sp³-hybridized carbons (Fsp3) is 0.478. The third kappa shape index (κ3) is 3.52. The fourth-order valence-corrected chi connectivity index (χ4v) is 7.01. The van der Waals surface area contributed by atoms with Crippen molar-refractivity contribution in [1.82, 2.24) is 14.2 Å². The molecule has 0 radical (unpaired) electrons. The van der Waals surface area contributed by atoms with Crippen LogP contribution in [0, 0.1) is 5.41 Å². The van der Waals surface area contributed by atoms with Crippen LogP contribution < -0.4 is 14.2 Å². The SMILES string of the molecule is COc1ccc2c(n1)OC[C@@H](C)N(C1CC3(C1)CN(S(=O)(=O)c1ccccc1OC)C3)C2=O. The van der Waals surface area contributed by atoms with Crippen molar-refractivity contribution < 1.29 is 27.4 Å². The van der Waals surface area contributed by atoms with E-state index in [9.17, 15) is 13.2 Å². The Morgan fingerprint density at radius 2 is 1.82 bits per heavy atom. The van der Waals surface area contributed by atoms with E-state index in [1.807, 2.05) is 11.8 Å². The van der Waals surface area contributed by atoms with Crippen molar-refractivity contribution in [3.63, 3.8) is 0 Å². The summed E-state index contributed by atoms with van der Waals surface area (Å²) in [5.74, 6) is 0.928. The van der Waals surface area contributed by atoms with Gasteiger partial charge in [0.1, 0.15) is 22.8 Å². The van der Waals surface area contributed by atoms with Gasteiger partial charge in [-0.2, -0.15) is 9.29 Å². The number of hydrogen-bond acceptors (Lipinski definition) is 7. The van der Waals surface area contributed by atoms with Gasteiger partial charge >= 0.3 is 0 Å². The Labute approximate surface area is 193 Å². The lowest BCUT2D eigenvalue weighted by molar-refractivity contribution is -0.0756. The van der Waals surface area contributed by atoms with Crippen LogP contribution in [-0.2, 0) is 10.0 Å². The molecule has 1 spiro atoms. The average Bonchev–Trinajstić information content (AvgIpc) is 2.88. The lowest BCUT2D eigenvalue weighted by Crippen LogP contribution is -2.68. The Balaban J connectivity index is 1.28. The lowest BCUT2D eigenvalue weighted by atomic mass is 9.61. The highest BCUT2D eigenvalue weighted by molar-refractivity contribution is 7.89. The van der Waals surface area contributed by atoms with Crippen LogP contribution in [0.5, 0.6) is 17.5 Å². The first kappa shape index (κ1) is 22.0. The summed E-state index contributed by atoms with van der Waals surface area (Å²) < 4.78 is 43.9. The largest absolute Gasteiger partial charge is 0.495 e. The summed E-state index contributed by atoms with van der Waals surface area (Å²) in [6.07, 6.45) is 1.53. The van der Waals surface area contributed by atoms with Crippen LogP contribution in [0.1, 0.15) is 30.1 Å². The third-order valence-electron chi connectivity index (χ3n) is 6.89. The second-order valence-corrected chi connectivity index (χ2v) is 11.0. The van der Waals surface area contributed by atoms with Crippen LogP contribution in [0.25, 0.3) is 0 Å². The molecule has 3 heterocycles. The van der Waals surface area contributed by atoms with Crippen molar-refractivity contribution in [2.45, 2.75) is 36.7 Å². The molecule has 1 atom stereocenters. The number of pyridine rings is 1. The molecule has 1 aliphatic carbocycles. The molecule has 2 fully saturated rings. The van der Waals surface area contributed by atoms with E-state index in [-0.39, 0.29) is 28.3 Å². The summed E-state index contributed by atoms with van der Waals surface area (Å²) in [6, 6.07) is 9.93. The van der Waals surface area contributed by atoms with E-state index >= 15 is 0 Å². The Bertz CT molecular complexity index is 1190. The third-order valence-corrected chi connectivity index (χ3v) is 8.72. The first-order chi connectivity index (χ1) is 15.8. The number of methoxy groups -OCH3 is 2. The van der Waals surface area contributed by atoms with Crippen molar-refractivity contribution in [1.29, 1.82) is 0 Å². The number of nitrogens with zero attached hydrogens (tertiary/aromatic N) is 3. The van der Waals surface area contributed by atoms with E-state index in [2.05, 4.69) is 4.98 Å². The smallest absolute Gasteiger partial charge is 0.259 e. The molecule has 176 valence electrons. The van der Waals surface area contributed by atoms with Gasteiger partial charge in [-0.3, -0.25) is 4.79 Å². The lowest BCUT2D eigenvalue weighted by Gasteiger charge is -2.60. The molecule has 1 saturated heterocycles. The Hall–Kier alpha value is -2.85. The molecule has 9 nitrogen and oxygen atoms in total. The number of para-hydroxylation sites is 1. The second-order valence-electron chi connectivity index (χ2n) is 9.06. The maximum atomic E-state index is 13.3. The number of sulfonamides is 1. The molecule has 2 aliphatic heterocycles. The molecule has 10 heteroatoms. The van der Waals surface area contributed by atoms with Crippen molar-refractivity contribution >= 4 is 15.9 Å². The molecular formula is C23H27N3O6S. The highest BCUT2D eigenvalue weighted by atomic mass is 32.2. The van der Waals surface area contributed by atoms with Gasteiger partial charge in [-0.25, -0.2) is 8.42 Å². The molecule has 0 N–H and O–H groups in total. The first-order valence-electron chi connectivity index (χ1n) is 10.9. The van der Waals surface area contributed by atoms with E-state index < -0.39 is 10.0 Å². The molecule has 33 heavy (non-hydrogen) atoms. The van der Waals surface area contributed by atoms with Gasteiger partial charge in [0.25, 0.3) is 5.91 Å². The zero-order valence-corrected chi connectivity index (χ0v) is 19.7. The van der Waals surface area contributed by atoms with Crippen molar-refractivity contribution in [2.24, 2.45) is 5.41 Å². The summed E-state index contributed by atoms with van der Waals surface area (Å²) in [6.45, 7) is 3.21. The number of amides is 1. The van der Waals surface area contributed by atoms with E-state index in [4.69, 9.17) is 14.2 Å². The van der Waals surface area contributed by atoms with Crippen LogP contribution in [0.3, 0.4) is 0 Å². The number of carbonyl (C=O) groups is 1. The Kier molecular flexibility index (Phi) is 5.24. The van der Waals surface area contributed by atoms with E-state index in [1.165, 1.54) is 18.5 Å². The second kappa shape index (κ2) is 7.88. The number of fused-ring (bicyclic) bond motifs is 1. The number of rotatable bonds is 5. The highest BCUT2D eigenvalue weighted by Crippen LogP contribution is 2.53. The maximum Gasteiger partial charge on any atom is 0.259 e. The van der Waals surface area contributed by atoms with Gasteiger partial charge in [0.05, 0.1) is 20.3 Å². The number of ether oxygens (including phenoxy) is 3. The minimum atomic E-state index is -3.62. The van der Waals surface area contributed by atoms with E-state index in [1.54, 1.807) is 36.4 Å². The zero-order valence-electron chi connectivity index (χ0n) is 18.9. The molecule has 2 aromatic rings. The van der Waals surface area contributed by atoms with Crippen molar-refractivity contribution in [3.8, 4) is 17.5 Å². The standard InChI is InChI=1S/C23H27N3O6S/c1-15-12-32-21-17(8-9-20(24-21)31-3)22(27)26(15)16-10-23(11-16)13-25(14-23)33(28,29)19-7-5-4-6-18(19)30-2/h4-9,15-16H,10-14H2,1-3H3/t15-/m1/s1. The van der Waals surface area contributed by atoms with Crippen molar-refractivity contribution in [3.05, 3.63) is 42.0 Å². The van der Waals surface area contributed by atoms with Crippen molar-refractivity contribution in [2.75, 3.05) is 33.9 Å². The quantitative estimate of drug-likeness (QED) is 0.656. The molecule has 3 aliphatic rings. The molecule has 1 saturated carbocycles. The van der Waals surface area contributed by atoms with Gasteiger partial charge in [0.15, 0.2) is 0 Å². The van der Waals surface area contributed by atoms with Gasteiger partial charge < -0.3 is 19.1 Å². The normalized spacial score (nSPS) is 22.6. The predicted molar refractivity (Wildman–Crippen MR) is 119 cm³/mol. The molecule has 1 aromatic carbocycles. The number of hydrogen-bond donors (Lipinski definition) is 0. The summed E-state index contributed by atoms with van der Waals surface area (Å²) in [7, 11) is -0.634. The van der Waals surface area contributed by atoms with Crippen LogP contribution in [0.2, 0.25) is 0 Å². The average molecular weight is 474 g/mol. The van der Waals surface area contributed by atoms with E-state index in [0.29, 0.717) is 42.8 Å². The minimum Gasteiger partial charge on any atom is -0.495 e. The van der Waals surface area contributed by atoms with Crippen LogP contribution >= 0.6 is 0 Å². The van der Waals surface area contributed by atoms with Gasteiger partial charge in [-0.15, -0.1) is 0 Å². The molecule has 1 aromatic heterocycles. The van der Waals surface area contributed by atoms with Gasteiger partial charge in [0.2, 0.25) is 21.8 Å². The van der Waals surface area contributed by atoms with Crippen LogP contribution in [0.15, 0.2) is 41.3 Å². The Morgan fingerprint density at radius 3 is 2.52 bits per heavy atom. The molecule has 5 rings (SSSR count). The fourth-order valence-electron chi connectivity index (χ4n) is 5.19. The van der Waals surface area contributed by atoms with Crippen LogP contribution in [0.4, 0.5) is 0 Å². The summed E-state index contributed by atoms with van der Waals surface area (Å²) >= 11 is 0. The monoisotopic (exact) mass is 473 g/mol.